The zero-order valence-electron chi connectivity index (χ0n) is 24.3. The molecule has 9 heteroatoms. The van der Waals surface area contributed by atoms with Crippen molar-refractivity contribution < 1.29 is 27.5 Å². The van der Waals surface area contributed by atoms with Crippen LogP contribution in [0.3, 0.4) is 0 Å². The topological polar surface area (TPSA) is 119 Å². The van der Waals surface area contributed by atoms with Crippen LogP contribution in [0.1, 0.15) is 92.4 Å². The van der Waals surface area contributed by atoms with E-state index in [-0.39, 0.29) is 57.9 Å². The Morgan fingerprint density at radius 3 is 2.31 bits per heavy atom. The number of ketones is 1. The number of allylic oxidation sites excluding steroid dienone is 2. The average molecular weight is 563 g/mol. The Labute approximate surface area is 233 Å². The summed E-state index contributed by atoms with van der Waals surface area (Å²) in [5.41, 5.74) is 1.11. The quantitative estimate of drug-likeness (QED) is 0.480. The molecule has 218 valence electrons. The van der Waals surface area contributed by atoms with Gasteiger partial charge in [-0.05, 0) is 104 Å². The first-order valence-electron chi connectivity index (χ1n) is 14.8. The third-order valence-corrected chi connectivity index (χ3v) is 12.5. The molecule has 10 atom stereocenters. The second-order valence-corrected chi connectivity index (χ2v) is 16.0. The lowest BCUT2D eigenvalue weighted by Gasteiger charge is -2.65. The monoisotopic (exact) mass is 562 g/mol. The van der Waals surface area contributed by atoms with Crippen LogP contribution >= 0.6 is 0 Å². The van der Waals surface area contributed by atoms with E-state index in [2.05, 4.69) is 33.0 Å². The minimum Gasteiger partial charge on any atom is -0.462 e. The Balaban J connectivity index is 1.42. The van der Waals surface area contributed by atoms with Crippen LogP contribution in [0.4, 0.5) is 4.79 Å². The van der Waals surface area contributed by atoms with Crippen LogP contribution in [0.15, 0.2) is 11.6 Å². The third kappa shape index (κ3) is 4.84. The molecule has 5 aliphatic rings. The molecule has 5 aliphatic carbocycles. The normalized spacial score (nSPS) is 45.4. The molecule has 0 saturated heterocycles. The molecular weight excluding hydrogens is 516 g/mol. The Morgan fingerprint density at radius 2 is 1.64 bits per heavy atom. The SMILES string of the molecule is CC(=O)OC1CCC2(C)C(CCC3(C)C4CCC5(C)CCC(NC(=O)NS(C)(=O)=O)CC5C4=CC(=O)C32)C1C. The van der Waals surface area contributed by atoms with Crippen molar-refractivity contribution in [3.05, 3.63) is 11.6 Å². The lowest BCUT2D eigenvalue weighted by molar-refractivity contribution is -0.180. The summed E-state index contributed by atoms with van der Waals surface area (Å²) in [6.07, 6.45) is 11.3. The summed E-state index contributed by atoms with van der Waals surface area (Å²) in [6.45, 7) is 10.7. The fourth-order valence-electron chi connectivity index (χ4n) is 10.2. The number of esters is 1. The Kier molecular flexibility index (Phi) is 7.04. The van der Waals surface area contributed by atoms with Gasteiger partial charge in [-0.15, -0.1) is 0 Å². The highest BCUT2D eigenvalue weighted by Crippen LogP contribution is 2.69. The van der Waals surface area contributed by atoms with Crippen LogP contribution in [0, 0.1) is 45.8 Å². The van der Waals surface area contributed by atoms with Crippen molar-refractivity contribution in [3.63, 3.8) is 0 Å². The first kappa shape index (κ1) is 28.6. The minimum absolute atomic E-state index is 0.0411. The van der Waals surface area contributed by atoms with Crippen molar-refractivity contribution in [2.24, 2.45) is 45.8 Å². The summed E-state index contributed by atoms with van der Waals surface area (Å²) < 4.78 is 30.8. The maximum atomic E-state index is 14.2. The number of carbonyl (C=O) groups excluding carboxylic acids is 3. The third-order valence-electron chi connectivity index (χ3n) is 11.9. The standard InChI is InChI=1S/C30H46N2O6S/c1-17-21-9-13-30(5)22-8-12-28(3)11-7-19(31-27(35)32-39(6,36)37)15-23(28)20(22)16-24(34)26(30)29(21,4)14-10-25(17)38-18(2)33/h16-17,19,21-23,25-26H,7-15H2,1-6H3,(H2,31,32,35). The number of rotatable bonds is 3. The lowest BCUT2D eigenvalue weighted by Crippen LogP contribution is -2.62. The van der Waals surface area contributed by atoms with Gasteiger partial charge in [-0.3, -0.25) is 9.59 Å². The summed E-state index contributed by atoms with van der Waals surface area (Å²) in [5, 5.41) is 2.89. The van der Waals surface area contributed by atoms with E-state index in [0.29, 0.717) is 11.8 Å². The summed E-state index contributed by atoms with van der Waals surface area (Å²) >= 11 is 0. The van der Waals surface area contributed by atoms with Gasteiger partial charge in [0.25, 0.3) is 0 Å². The molecule has 10 unspecified atom stereocenters. The number of carbonyl (C=O) groups is 3. The van der Waals surface area contributed by atoms with E-state index in [1.54, 1.807) is 0 Å². The van der Waals surface area contributed by atoms with Crippen LogP contribution < -0.4 is 10.0 Å². The van der Waals surface area contributed by atoms with Crippen molar-refractivity contribution in [1.29, 1.82) is 0 Å². The number of hydrogen-bond donors (Lipinski definition) is 2. The largest absolute Gasteiger partial charge is 0.462 e. The van der Waals surface area contributed by atoms with Gasteiger partial charge < -0.3 is 10.1 Å². The maximum absolute atomic E-state index is 14.2. The zero-order valence-corrected chi connectivity index (χ0v) is 25.2. The van der Waals surface area contributed by atoms with E-state index in [9.17, 15) is 22.8 Å². The molecular formula is C30H46N2O6S. The van der Waals surface area contributed by atoms with Gasteiger partial charge in [-0.1, -0.05) is 33.3 Å². The van der Waals surface area contributed by atoms with Gasteiger partial charge in [-0.25, -0.2) is 17.9 Å². The first-order valence-corrected chi connectivity index (χ1v) is 16.7. The van der Waals surface area contributed by atoms with Crippen molar-refractivity contribution >= 4 is 27.8 Å². The smallest absolute Gasteiger partial charge is 0.328 e. The van der Waals surface area contributed by atoms with E-state index >= 15 is 0 Å². The number of ether oxygens (including phenoxy) is 1. The Bertz CT molecular complexity index is 1200. The summed E-state index contributed by atoms with van der Waals surface area (Å²) in [7, 11) is -3.63. The summed E-state index contributed by atoms with van der Waals surface area (Å²) in [6, 6.07) is -0.806. The first-order chi connectivity index (χ1) is 18.1. The number of hydrogen-bond acceptors (Lipinski definition) is 6. The minimum atomic E-state index is -3.63. The van der Waals surface area contributed by atoms with Gasteiger partial charge in [0, 0.05) is 18.9 Å². The molecule has 2 N–H and O–H groups in total. The van der Waals surface area contributed by atoms with Gasteiger partial charge in [0.2, 0.25) is 10.0 Å². The molecule has 5 rings (SSSR count). The fourth-order valence-corrected chi connectivity index (χ4v) is 10.6. The molecule has 0 aromatic heterocycles. The van der Waals surface area contributed by atoms with Crippen LogP contribution in [-0.2, 0) is 24.3 Å². The molecule has 4 saturated carbocycles. The highest BCUT2D eigenvalue weighted by molar-refractivity contribution is 7.89. The number of fused-ring (bicyclic) bond motifs is 7. The maximum Gasteiger partial charge on any atom is 0.328 e. The van der Waals surface area contributed by atoms with Crippen molar-refractivity contribution in [2.75, 3.05) is 6.26 Å². The van der Waals surface area contributed by atoms with E-state index in [1.807, 2.05) is 10.8 Å². The lowest BCUT2D eigenvalue weighted by atomic mass is 9.38. The second kappa shape index (κ2) is 9.59. The van der Waals surface area contributed by atoms with Crippen LogP contribution in [-0.4, -0.2) is 44.6 Å². The molecule has 0 aliphatic heterocycles. The van der Waals surface area contributed by atoms with Crippen molar-refractivity contribution in [1.82, 2.24) is 10.0 Å². The summed E-state index contributed by atoms with van der Waals surface area (Å²) in [5.74, 6) is 1.09. The predicted molar refractivity (Wildman–Crippen MR) is 148 cm³/mol. The van der Waals surface area contributed by atoms with Crippen LogP contribution in [0.25, 0.3) is 0 Å². The molecule has 0 spiro atoms. The predicted octanol–water partition coefficient (Wildman–Crippen LogP) is 4.74. The number of amides is 2. The van der Waals surface area contributed by atoms with Gasteiger partial charge in [0.1, 0.15) is 6.10 Å². The molecule has 0 aromatic rings. The molecule has 0 aromatic carbocycles. The molecule has 39 heavy (non-hydrogen) atoms. The second-order valence-electron chi connectivity index (χ2n) is 14.3. The molecule has 0 heterocycles. The molecule has 0 bridgehead atoms. The molecule has 2 amide bonds. The molecule has 8 nitrogen and oxygen atoms in total. The summed E-state index contributed by atoms with van der Waals surface area (Å²) in [4.78, 5) is 38.3. The van der Waals surface area contributed by atoms with Gasteiger partial charge in [0.05, 0.1) is 6.26 Å². The van der Waals surface area contributed by atoms with E-state index in [4.69, 9.17) is 4.74 Å². The number of sulfonamides is 1. The van der Waals surface area contributed by atoms with E-state index < -0.39 is 16.1 Å². The average Bonchev–Trinajstić information content (AvgIpc) is 2.79. The fraction of sp³-hybridized carbons (Fsp3) is 0.833. The van der Waals surface area contributed by atoms with Gasteiger partial charge in [0.15, 0.2) is 5.78 Å². The Morgan fingerprint density at radius 1 is 0.974 bits per heavy atom. The van der Waals surface area contributed by atoms with E-state index in [1.165, 1.54) is 12.5 Å². The van der Waals surface area contributed by atoms with Crippen LogP contribution in [0.2, 0.25) is 0 Å². The molecule has 4 fully saturated rings. The highest BCUT2D eigenvalue weighted by atomic mass is 32.2. The number of urea groups is 1. The van der Waals surface area contributed by atoms with E-state index in [0.717, 1.165) is 64.0 Å². The zero-order chi connectivity index (χ0) is 28.5. The van der Waals surface area contributed by atoms with Crippen molar-refractivity contribution in [2.45, 2.75) is 105 Å². The van der Waals surface area contributed by atoms with Gasteiger partial charge in [-0.2, -0.15) is 0 Å². The number of nitrogens with one attached hydrogen (secondary N) is 2. The highest BCUT2D eigenvalue weighted by Gasteiger charge is 2.65. The molecule has 0 radical (unpaired) electrons. The van der Waals surface area contributed by atoms with Crippen LogP contribution in [0.5, 0.6) is 0 Å². The van der Waals surface area contributed by atoms with Gasteiger partial charge >= 0.3 is 12.0 Å². The Hall–Kier alpha value is -1.90. The van der Waals surface area contributed by atoms with Crippen molar-refractivity contribution in [3.8, 4) is 0 Å².